The summed E-state index contributed by atoms with van der Waals surface area (Å²) in [6, 6.07) is 0. The Hall–Kier alpha value is -1.83. The van der Waals surface area contributed by atoms with E-state index >= 15 is 0 Å². The average molecular weight is 260 g/mol. The second-order valence-corrected chi connectivity index (χ2v) is 3.86. The van der Waals surface area contributed by atoms with Gasteiger partial charge >= 0.3 is 11.8 Å². The molecule has 92 valence electrons. The van der Waals surface area contributed by atoms with Crippen molar-refractivity contribution < 1.29 is 9.90 Å². The van der Waals surface area contributed by atoms with Crippen LogP contribution in [0.2, 0.25) is 5.28 Å². The van der Waals surface area contributed by atoms with Gasteiger partial charge in [-0.15, -0.1) is 0 Å². The van der Waals surface area contributed by atoms with E-state index in [1.54, 1.807) is 4.90 Å². The Labute approximate surface area is 101 Å². The lowest BCUT2D eigenvalue weighted by Gasteiger charge is -2.32. The summed E-state index contributed by atoms with van der Waals surface area (Å²) in [7, 11) is 0. The Morgan fingerprint density at radius 1 is 1.29 bits per heavy atom. The van der Waals surface area contributed by atoms with Crippen molar-refractivity contribution in [3.63, 3.8) is 0 Å². The maximum absolute atomic E-state index is 11.1. The van der Waals surface area contributed by atoms with Crippen LogP contribution >= 0.6 is 11.6 Å². The predicted octanol–water partition coefficient (Wildman–Crippen LogP) is -0.382. The van der Waals surface area contributed by atoms with Crippen LogP contribution in [-0.2, 0) is 0 Å². The third-order valence-electron chi connectivity index (χ3n) is 2.44. The largest absolute Gasteiger partial charge is 0.465 e. The fourth-order valence-corrected chi connectivity index (χ4v) is 1.74. The third kappa shape index (κ3) is 2.64. The van der Waals surface area contributed by atoms with Crippen LogP contribution in [0, 0.1) is 0 Å². The second-order valence-electron chi connectivity index (χ2n) is 3.50. The molecule has 0 radical (unpaired) electrons. The molecular formula is C8H10ClN5O3. The summed E-state index contributed by atoms with van der Waals surface area (Å²) in [5, 5.41) is 8.76. The van der Waals surface area contributed by atoms with E-state index in [1.165, 1.54) is 4.90 Å². The van der Waals surface area contributed by atoms with Gasteiger partial charge < -0.3 is 14.9 Å². The van der Waals surface area contributed by atoms with Gasteiger partial charge in [0.1, 0.15) is 0 Å². The quantitative estimate of drug-likeness (QED) is 0.713. The number of nitrogens with zero attached hydrogens (tertiary/aromatic N) is 4. The molecule has 1 saturated heterocycles. The first-order valence-corrected chi connectivity index (χ1v) is 5.31. The average Bonchev–Trinajstić information content (AvgIpc) is 2.28. The summed E-state index contributed by atoms with van der Waals surface area (Å²) in [6.07, 6.45) is -0.950. The van der Waals surface area contributed by atoms with Gasteiger partial charge in [-0.2, -0.15) is 9.97 Å². The molecule has 0 aliphatic carbocycles. The lowest BCUT2D eigenvalue weighted by atomic mass is 10.3. The van der Waals surface area contributed by atoms with Gasteiger partial charge in [-0.1, -0.05) is 0 Å². The van der Waals surface area contributed by atoms with Crippen molar-refractivity contribution in [2.24, 2.45) is 0 Å². The van der Waals surface area contributed by atoms with Crippen molar-refractivity contribution in [1.82, 2.24) is 19.9 Å². The molecular weight excluding hydrogens is 250 g/mol. The molecule has 2 rings (SSSR count). The number of carboxylic acid groups (broad SMARTS) is 1. The molecule has 2 N–H and O–H groups in total. The molecule has 1 aromatic rings. The molecule has 0 bridgehead atoms. The number of carbonyl (C=O) groups is 1. The number of hydrogen-bond acceptors (Lipinski definition) is 5. The lowest BCUT2D eigenvalue weighted by molar-refractivity contribution is 0.142. The van der Waals surface area contributed by atoms with E-state index < -0.39 is 11.8 Å². The lowest BCUT2D eigenvalue weighted by Crippen LogP contribution is -2.49. The zero-order valence-electron chi connectivity index (χ0n) is 8.76. The fourth-order valence-electron chi connectivity index (χ4n) is 1.59. The SMILES string of the molecule is O=C(O)N1CCN(c2nc(Cl)[nH]c(=O)n2)CC1. The van der Waals surface area contributed by atoms with Gasteiger partial charge in [0.15, 0.2) is 0 Å². The normalized spacial score (nSPS) is 16.1. The first-order valence-electron chi connectivity index (χ1n) is 4.93. The summed E-state index contributed by atoms with van der Waals surface area (Å²) >= 11 is 5.61. The van der Waals surface area contributed by atoms with Crippen molar-refractivity contribution in [3.8, 4) is 0 Å². The van der Waals surface area contributed by atoms with Crippen LogP contribution in [0.1, 0.15) is 0 Å². The molecule has 9 heteroatoms. The van der Waals surface area contributed by atoms with Gasteiger partial charge in [-0.05, 0) is 11.6 Å². The number of rotatable bonds is 1. The Morgan fingerprint density at radius 3 is 2.47 bits per heavy atom. The van der Waals surface area contributed by atoms with Gasteiger partial charge in [0.05, 0.1) is 0 Å². The zero-order chi connectivity index (χ0) is 12.4. The highest BCUT2D eigenvalue weighted by Crippen LogP contribution is 2.10. The number of halogens is 1. The summed E-state index contributed by atoms with van der Waals surface area (Å²) in [6.45, 7) is 1.57. The summed E-state index contributed by atoms with van der Waals surface area (Å²) in [5.41, 5.74) is -0.569. The van der Waals surface area contributed by atoms with Crippen molar-refractivity contribution in [2.75, 3.05) is 31.1 Å². The highest BCUT2D eigenvalue weighted by Gasteiger charge is 2.22. The second kappa shape index (κ2) is 4.58. The van der Waals surface area contributed by atoms with Crippen LogP contribution in [0.25, 0.3) is 0 Å². The van der Waals surface area contributed by atoms with E-state index in [4.69, 9.17) is 16.7 Å². The first-order chi connectivity index (χ1) is 8.06. The number of amides is 1. The van der Waals surface area contributed by atoms with E-state index in [9.17, 15) is 9.59 Å². The van der Waals surface area contributed by atoms with Crippen LogP contribution in [-0.4, -0.2) is 57.2 Å². The summed E-state index contributed by atoms with van der Waals surface area (Å²) in [5.74, 6) is 0.226. The number of aromatic nitrogens is 3. The van der Waals surface area contributed by atoms with E-state index in [0.29, 0.717) is 26.2 Å². The number of nitrogens with one attached hydrogen (secondary N) is 1. The van der Waals surface area contributed by atoms with Crippen LogP contribution in [0.15, 0.2) is 4.79 Å². The summed E-state index contributed by atoms with van der Waals surface area (Å²) in [4.78, 5) is 34.6. The zero-order valence-corrected chi connectivity index (χ0v) is 9.51. The maximum Gasteiger partial charge on any atom is 0.407 e. The standard InChI is InChI=1S/C8H10ClN5O3/c9-5-10-6(12-7(15)11-5)13-1-3-14(4-2-13)8(16)17/h1-4H2,(H,16,17)(H,10,11,12,15). The van der Waals surface area contributed by atoms with E-state index in [2.05, 4.69) is 15.0 Å². The fraction of sp³-hybridized carbons (Fsp3) is 0.500. The number of aromatic amines is 1. The van der Waals surface area contributed by atoms with Crippen molar-refractivity contribution >= 4 is 23.6 Å². The number of piperazine rings is 1. The van der Waals surface area contributed by atoms with Crippen molar-refractivity contribution in [1.29, 1.82) is 0 Å². The highest BCUT2D eigenvalue weighted by atomic mass is 35.5. The van der Waals surface area contributed by atoms with E-state index in [0.717, 1.165) is 0 Å². The minimum atomic E-state index is -0.950. The Morgan fingerprint density at radius 2 is 1.94 bits per heavy atom. The summed E-state index contributed by atoms with van der Waals surface area (Å²) < 4.78 is 0. The highest BCUT2D eigenvalue weighted by molar-refractivity contribution is 6.28. The molecule has 0 atom stereocenters. The topological polar surface area (TPSA) is 102 Å². The number of H-pyrrole nitrogens is 1. The van der Waals surface area contributed by atoms with Gasteiger partial charge in [0.25, 0.3) is 0 Å². The number of hydrogen-bond donors (Lipinski definition) is 2. The number of anilines is 1. The van der Waals surface area contributed by atoms with Crippen LogP contribution in [0.4, 0.5) is 10.7 Å². The van der Waals surface area contributed by atoms with Crippen LogP contribution in [0.5, 0.6) is 0 Å². The molecule has 1 aromatic heterocycles. The third-order valence-corrected chi connectivity index (χ3v) is 2.62. The van der Waals surface area contributed by atoms with E-state index in [-0.39, 0.29) is 11.2 Å². The van der Waals surface area contributed by atoms with Crippen LogP contribution in [0.3, 0.4) is 0 Å². The van der Waals surface area contributed by atoms with Gasteiger partial charge in [-0.3, -0.25) is 4.98 Å². The Balaban J connectivity index is 2.10. The molecule has 8 nitrogen and oxygen atoms in total. The molecule has 1 aliphatic rings. The minimum absolute atomic E-state index is 0.0272. The minimum Gasteiger partial charge on any atom is -0.465 e. The molecule has 0 aromatic carbocycles. The maximum atomic E-state index is 11.1. The Kier molecular flexibility index (Phi) is 3.14. The van der Waals surface area contributed by atoms with Crippen molar-refractivity contribution in [3.05, 3.63) is 15.8 Å². The molecule has 0 spiro atoms. The Bertz CT molecular complexity index is 482. The molecule has 1 fully saturated rings. The van der Waals surface area contributed by atoms with Crippen LogP contribution < -0.4 is 10.6 Å². The monoisotopic (exact) mass is 259 g/mol. The molecule has 17 heavy (non-hydrogen) atoms. The van der Waals surface area contributed by atoms with E-state index in [1.807, 2.05) is 0 Å². The predicted molar refractivity (Wildman–Crippen MR) is 59.5 cm³/mol. The smallest absolute Gasteiger partial charge is 0.407 e. The molecule has 1 aliphatic heterocycles. The molecule has 0 unspecified atom stereocenters. The molecule has 0 saturated carbocycles. The van der Waals surface area contributed by atoms with Crippen molar-refractivity contribution in [2.45, 2.75) is 0 Å². The molecule has 1 amide bonds. The molecule has 2 heterocycles. The van der Waals surface area contributed by atoms with Gasteiger partial charge in [0.2, 0.25) is 11.2 Å². The van der Waals surface area contributed by atoms with Gasteiger partial charge in [-0.25, -0.2) is 9.59 Å². The first kappa shape index (κ1) is 11.6. The van der Waals surface area contributed by atoms with Gasteiger partial charge in [0, 0.05) is 26.2 Å².